The number of rotatable bonds is 9. The monoisotopic (exact) mass is 220 g/mol. The predicted molar refractivity (Wildman–Crippen MR) is 54.6 cm³/mol. The van der Waals surface area contributed by atoms with Gasteiger partial charge in [0.2, 0.25) is 0 Å². The van der Waals surface area contributed by atoms with Crippen LogP contribution < -0.4 is 0 Å². The smallest absolute Gasteiger partial charge is 0.332 e. The summed E-state index contributed by atoms with van der Waals surface area (Å²) in [6.45, 7) is 4.93. The minimum absolute atomic E-state index is 0.0157. The Balaban J connectivity index is 3.13. The maximum Gasteiger partial charge on any atom is 0.332 e. The van der Waals surface area contributed by atoms with Gasteiger partial charge < -0.3 is 19.3 Å². The topological polar surface area (TPSA) is 65.0 Å². The van der Waals surface area contributed by atoms with Gasteiger partial charge in [0, 0.05) is 13.2 Å². The number of aliphatic hydroxyl groups is 1. The Morgan fingerprint density at radius 2 is 1.87 bits per heavy atom. The summed E-state index contributed by atoms with van der Waals surface area (Å²) >= 11 is 0. The minimum atomic E-state index is -0.346. The van der Waals surface area contributed by atoms with Gasteiger partial charge in [-0.05, 0) is 20.3 Å². The first kappa shape index (κ1) is 14.3. The average molecular weight is 220 g/mol. The molecule has 0 aromatic rings. The van der Waals surface area contributed by atoms with Gasteiger partial charge in [0.25, 0.3) is 0 Å². The summed E-state index contributed by atoms with van der Waals surface area (Å²) in [5.41, 5.74) is 0. The Labute approximate surface area is 90.3 Å². The zero-order valence-electron chi connectivity index (χ0n) is 9.40. The fourth-order valence-electron chi connectivity index (χ4n) is 0.882. The number of carbonyl (C=O) groups is 1. The van der Waals surface area contributed by atoms with Gasteiger partial charge in [0.05, 0.1) is 19.3 Å². The molecule has 0 saturated carbocycles. The molecule has 0 spiro atoms. The second-order valence-electron chi connectivity index (χ2n) is 3.28. The number of ether oxygens (including phenoxy) is 3. The standard InChI is InChI=1S/C10H20O5/c1-9(2)15-10(12)8-14-6-3-5-13-7-4-11/h9,11H,3-8H2,1-2H3. The Hall–Kier alpha value is -0.650. The van der Waals surface area contributed by atoms with Gasteiger partial charge in [-0.3, -0.25) is 0 Å². The molecule has 0 atom stereocenters. The highest BCUT2D eigenvalue weighted by Gasteiger charge is 2.04. The van der Waals surface area contributed by atoms with Gasteiger partial charge in [-0.15, -0.1) is 0 Å². The van der Waals surface area contributed by atoms with E-state index in [0.717, 1.165) is 0 Å². The first-order chi connectivity index (χ1) is 7.16. The van der Waals surface area contributed by atoms with Crippen LogP contribution in [0.3, 0.4) is 0 Å². The van der Waals surface area contributed by atoms with Gasteiger partial charge in [0.15, 0.2) is 0 Å². The number of hydrogen-bond acceptors (Lipinski definition) is 5. The van der Waals surface area contributed by atoms with E-state index in [1.807, 2.05) is 0 Å². The van der Waals surface area contributed by atoms with Crippen molar-refractivity contribution in [3.8, 4) is 0 Å². The van der Waals surface area contributed by atoms with Crippen molar-refractivity contribution < 1.29 is 24.1 Å². The highest BCUT2D eigenvalue weighted by Crippen LogP contribution is 1.91. The van der Waals surface area contributed by atoms with Crippen molar-refractivity contribution in [2.45, 2.75) is 26.4 Å². The van der Waals surface area contributed by atoms with Crippen LogP contribution in [-0.2, 0) is 19.0 Å². The first-order valence-corrected chi connectivity index (χ1v) is 5.12. The van der Waals surface area contributed by atoms with E-state index in [2.05, 4.69) is 0 Å². The Bertz CT molecular complexity index is 158. The lowest BCUT2D eigenvalue weighted by Crippen LogP contribution is -2.17. The number of hydrogen-bond donors (Lipinski definition) is 1. The summed E-state index contributed by atoms with van der Waals surface area (Å²) in [5, 5.41) is 8.41. The van der Waals surface area contributed by atoms with Crippen LogP contribution in [0.2, 0.25) is 0 Å². The molecule has 15 heavy (non-hydrogen) atoms. The molecule has 5 nitrogen and oxygen atoms in total. The summed E-state index contributed by atoms with van der Waals surface area (Å²) in [7, 11) is 0. The van der Waals surface area contributed by atoms with Gasteiger partial charge in [-0.1, -0.05) is 0 Å². The van der Waals surface area contributed by atoms with E-state index in [1.165, 1.54) is 0 Å². The molecule has 0 amide bonds. The van der Waals surface area contributed by atoms with Gasteiger partial charge in [-0.25, -0.2) is 4.79 Å². The van der Waals surface area contributed by atoms with Crippen LogP contribution in [0.25, 0.3) is 0 Å². The molecule has 0 aromatic heterocycles. The maximum absolute atomic E-state index is 11.0. The van der Waals surface area contributed by atoms with Crippen LogP contribution in [-0.4, -0.2) is 50.2 Å². The summed E-state index contributed by atoms with van der Waals surface area (Å²) in [4.78, 5) is 11.0. The van der Waals surface area contributed by atoms with Gasteiger partial charge in [-0.2, -0.15) is 0 Å². The molecule has 0 aromatic carbocycles. The van der Waals surface area contributed by atoms with E-state index >= 15 is 0 Å². The molecular weight excluding hydrogens is 200 g/mol. The largest absolute Gasteiger partial charge is 0.461 e. The van der Waals surface area contributed by atoms with E-state index in [4.69, 9.17) is 19.3 Å². The predicted octanol–water partition coefficient (Wildman–Crippen LogP) is 0.354. The highest BCUT2D eigenvalue weighted by atomic mass is 16.6. The van der Waals surface area contributed by atoms with Crippen LogP contribution >= 0.6 is 0 Å². The Morgan fingerprint density at radius 3 is 2.47 bits per heavy atom. The molecule has 90 valence electrons. The van der Waals surface area contributed by atoms with E-state index in [9.17, 15) is 4.79 Å². The van der Waals surface area contributed by atoms with E-state index in [0.29, 0.717) is 26.2 Å². The van der Waals surface area contributed by atoms with Crippen LogP contribution in [0.1, 0.15) is 20.3 Å². The van der Waals surface area contributed by atoms with Crippen molar-refractivity contribution in [1.82, 2.24) is 0 Å². The second kappa shape index (κ2) is 9.89. The van der Waals surface area contributed by atoms with Crippen LogP contribution in [0.5, 0.6) is 0 Å². The highest BCUT2D eigenvalue weighted by molar-refractivity contribution is 5.70. The van der Waals surface area contributed by atoms with Gasteiger partial charge in [0.1, 0.15) is 6.61 Å². The van der Waals surface area contributed by atoms with Crippen molar-refractivity contribution in [1.29, 1.82) is 0 Å². The van der Waals surface area contributed by atoms with E-state index in [1.54, 1.807) is 13.8 Å². The van der Waals surface area contributed by atoms with E-state index in [-0.39, 0.29) is 25.3 Å². The fraction of sp³-hybridized carbons (Fsp3) is 0.900. The molecule has 0 rings (SSSR count). The summed E-state index contributed by atoms with van der Waals surface area (Å²) in [6.07, 6.45) is 0.601. The fourth-order valence-corrected chi connectivity index (χ4v) is 0.882. The van der Waals surface area contributed by atoms with E-state index < -0.39 is 0 Å². The lowest BCUT2D eigenvalue weighted by molar-refractivity contribution is -0.152. The molecular formula is C10H20O5. The lowest BCUT2D eigenvalue weighted by Gasteiger charge is -2.08. The molecule has 0 bridgehead atoms. The molecule has 5 heteroatoms. The molecule has 1 N–H and O–H groups in total. The Kier molecular flexibility index (Phi) is 9.46. The first-order valence-electron chi connectivity index (χ1n) is 5.12. The molecule has 0 aliphatic carbocycles. The number of aliphatic hydroxyl groups excluding tert-OH is 1. The van der Waals surface area contributed by atoms with Crippen LogP contribution in [0.15, 0.2) is 0 Å². The second-order valence-corrected chi connectivity index (χ2v) is 3.28. The summed E-state index contributed by atoms with van der Waals surface area (Å²) < 4.78 is 14.9. The van der Waals surface area contributed by atoms with Crippen LogP contribution in [0.4, 0.5) is 0 Å². The molecule has 0 radical (unpaired) electrons. The molecule has 0 aliphatic rings. The maximum atomic E-state index is 11.0. The zero-order chi connectivity index (χ0) is 11.5. The normalized spacial score (nSPS) is 10.7. The number of carbonyl (C=O) groups excluding carboxylic acids is 1. The molecule has 0 aliphatic heterocycles. The molecule has 0 heterocycles. The minimum Gasteiger partial charge on any atom is -0.461 e. The van der Waals surface area contributed by atoms with Crippen molar-refractivity contribution in [2.75, 3.05) is 33.0 Å². The molecule has 0 saturated heterocycles. The van der Waals surface area contributed by atoms with Crippen molar-refractivity contribution in [2.24, 2.45) is 0 Å². The van der Waals surface area contributed by atoms with Crippen molar-refractivity contribution >= 4 is 5.97 Å². The zero-order valence-corrected chi connectivity index (χ0v) is 9.40. The average Bonchev–Trinajstić information content (AvgIpc) is 2.15. The van der Waals surface area contributed by atoms with Gasteiger partial charge >= 0.3 is 5.97 Å². The van der Waals surface area contributed by atoms with Crippen molar-refractivity contribution in [3.63, 3.8) is 0 Å². The summed E-state index contributed by atoms with van der Waals surface area (Å²) in [6, 6.07) is 0. The quantitative estimate of drug-likeness (QED) is 0.449. The number of esters is 1. The third-order valence-electron chi connectivity index (χ3n) is 1.40. The van der Waals surface area contributed by atoms with Crippen molar-refractivity contribution in [3.05, 3.63) is 0 Å². The third kappa shape index (κ3) is 11.3. The third-order valence-corrected chi connectivity index (χ3v) is 1.40. The SMILES string of the molecule is CC(C)OC(=O)COCCCOCCO. The lowest BCUT2D eigenvalue weighted by atomic mass is 10.5. The van der Waals surface area contributed by atoms with Crippen LogP contribution in [0, 0.1) is 0 Å². The molecule has 0 fully saturated rings. The Morgan fingerprint density at radius 1 is 1.20 bits per heavy atom. The molecule has 0 unspecified atom stereocenters. The summed E-state index contributed by atoms with van der Waals surface area (Å²) in [5.74, 6) is -0.346.